The van der Waals surface area contributed by atoms with Crippen molar-refractivity contribution >= 4 is 42.6 Å². The lowest BCUT2D eigenvalue weighted by atomic mass is 9.79. The van der Waals surface area contributed by atoms with Gasteiger partial charge in [-0.15, -0.1) is 0 Å². The zero-order chi connectivity index (χ0) is 21.0. The SMILES string of the molecule is CC1(C)c2ccc(Br)cc2-c2cc3c(cc21)-c1c(cc(Br)c2ccccc12)C3(C)C. The quantitative estimate of drug-likeness (QED) is 0.218. The maximum absolute atomic E-state index is 3.84. The van der Waals surface area contributed by atoms with E-state index in [1.165, 1.54) is 59.8 Å². The summed E-state index contributed by atoms with van der Waals surface area (Å²) in [5.74, 6) is 0. The summed E-state index contributed by atoms with van der Waals surface area (Å²) >= 11 is 7.54. The lowest BCUT2D eigenvalue weighted by Crippen LogP contribution is -2.17. The molecular formula is C28H22Br2. The second-order valence-electron chi connectivity index (χ2n) is 9.71. The zero-order valence-electron chi connectivity index (χ0n) is 17.5. The molecule has 2 aliphatic rings. The van der Waals surface area contributed by atoms with Gasteiger partial charge in [-0.1, -0.05) is 89.9 Å². The molecule has 0 aromatic heterocycles. The Labute approximate surface area is 194 Å². The Kier molecular flexibility index (Phi) is 3.68. The highest BCUT2D eigenvalue weighted by Crippen LogP contribution is 2.57. The van der Waals surface area contributed by atoms with Crippen LogP contribution < -0.4 is 0 Å². The molecule has 0 N–H and O–H groups in total. The van der Waals surface area contributed by atoms with Gasteiger partial charge in [0.2, 0.25) is 0 Å². The Morgan fingerprint density at radius 1 is 0.567 bits per heavy atom. The summed E-state index contributed by atoms with van der Waals surface area (Å²) in [6.07, 6.45) is 0. The van der Waals surface area contributed by atoms with Crippen LogP contribution in [0.1, 0.15) is 49.9 Å². The van der Waals surface area contributed by atoms with Gasteiger partial charge in [-0.05, 0) is 85.6 Å². The molecule has 0 atom stereocenters. The Morgan fingerprint density at radius 3 is 1.93 bits per heavy atom. The highest BCUT2D eigenvalue weighted by Gasteiger charge is 2.42. The Bertz CT molecular complexity index is 1410. The molecule has 4 aromatic rings. The summed E-state index contributed by atoms with van der Waals surface area (Å²) in [4.78, 5) is 0. The average Bonchev–Trinajstić information content (AvgIpc) is 3.06. The van der Waals surface area contributed by atoms with Crippen molar-refractivity contribution in [2.45, 2.75) is 38.5 Å². The molecule has 148 valence electrons. The van der Waals surface area contributed by atoms with E-state index in [9.17, 15) is 0 Å². The molecule has 0 nitrogen and oxygen atoms in total. The van der Waals surface area contributed by atoms with Crippen molar-refractivity contribution in [1.29, 1.82) is 0 Å². The van der Waals surface area contributed by atoms with Gasteiger partial charge in [0.1, 0.15) is 0 Å². The molecule has 0 amide bonds. The van der Waals surface area contributed by atoms with Crippen LogP contribution in [0, 0.1) is 0 Å². The Balaban J connectivity index is 1.74. The predicted molar refractivity (Wildman–Crippen MR) is 134 cm³/mol. The minimum Gasteiger partial charge on any atom is -0.0616 e. The number of rotatable bonds is 0. The summed E-state index contributed by atoms with van der Waals surface area (Å²) in [5.41, 5.74) is 11.2. The van der Waals surface area contributed by atoms with Crippen molar-refractivity contribution in [3.63, 3.8) is 0 Å². The van der Waals surface area contributed by atoms with Crippen LogP contribution in [0.25, 0.3) is 33.0 Å². The van der Waals surface area contributed by atoms with Crippen molar-refractivity contribution in [3.05, 3.63) is 91.9 Å². The van der Waals surface area contributed by atoms with Crippen LogP contribution in [0.5, 0.6) is 0 Å². The monoisotopic (exact) mass is 516 g/mol. The lowest BCUT2D eigenvalue weighted by molar-refractivity contribution is 0.652. The smallest absolute Gasteiger partial charge is 0.0257 e. The van der Waals surface area contributed by atoms with Gasteiger partial charge >= 0.3 is 0 Å². The number of fused-ring (bicyclic) bond motifs is 8. The first kappa shape index (κ1) is 18.8. The van der Waals surface area contributed by atoms with Gasteiger partial charge < -0.3 is 0 Å². The fourth-order valence-corrected chi connectivity index (χ4v) is 6.69. The van der Waals surface area contributed by atoms with Crippen LogP contribution in [0.15, 0.2) is 69.6 Å². The lowest BCUT2D eigenvalue weighted by Gasteiger charge is -2.24. The summed E-state index contributed by atoms with van der Waals surface area (Å²) in [7, 11) is 0. The molecule has 0 radical (unpaired) electrons. The average molecular weight is 518 g/mol. The number of halogens is 2. The largest absolute Gasteiger partial charge is 0.0616 e. The normalized spacial score (nSPS) is 16.9. The van der Waals surface area contributed by atoms with Crippen molar-refractivity contribution in [3.8, 4) is 22.3 Å². The third kappa shape index (κ3) is 2.22. The Hall–Kier alpha value is -1.90. The van der Waals surface area contributed by atoms with E-state index in [-0.39, 0.29) is 10.8 Å². The molecule has 4 aromatic carbocycles. The van der Waals surface area contributed by atoms with Crippen LogP contribution in [-0.4, -0.2) is 0 Å². The van der Waals surface area contributed by atoms with Crippen LogP contribution in [0.2, 0.25) is 0 Å². The first-order chi connectivity index (χ1) is 14.2. The van der Waals surface area contributed by atoms with E-state index in [1.807, 2.05) is 0 Å². The maximum atomic E-state index is 3.84. The zero-order valence-corrected chi connectivity index (χ0v) is 20.7. The number of hydrogen-bond donors (Lipinski definition) is 0. The van der Waals surface area contributed by atoms with Crippen molar-refractivity contribution in [2.75, 3.05) is 0 Å². The van der Waals surface area contributed by atoms with Crippen LogP contribution in [0.4, 0.5) is 0 Å². The van der Waals surface area contributed by atoms with E-state index in [2.05, 4.69) is 120 Å². The molecule has 6 rings (SSSR count). The summed E-state index contributed by atoms with van der Waals surface area (Å²) in [5, 5.41) is 2.62. The fraction of sp³-hybridized carbons (Fsp3) is 0.214. The molecule has 0 fully saturated rings. The molecule has 0 saturated carbocycles. The summed E-state index contributed by atoms with van der Waals surface area (Å²) in [6, 6.07) is 22.8. The second kappa shape index (κ2) is 5.87. The van der Waals surface area contributed by atoms with Gasteiger partial charge in [0.05, 0.1) is 0 Å². The number of benzene rings is 4. The molecule has 0 aliphatic heterocycles. The molecule has 0 spiro atoms. The van der Waals surface area contributed by atoms with E-state index in [1.54, 1.807) is 0 Å². The molecule has 2 heteroatoms. The summed E-state index contributed by atoms with van der Waals surface area (Å²) < 4.78 is 2.32. The predicted octanol–water partition coefficient (Wildman–Crippen LogP) is 8.98. The first-order valence-corrected chi connectivity index (χ1v) is 12.0. The van der Waals surface area contributed by atoms with E-state index in [0.29, 0.717) is 0 Å². The van der Waals surface area contributed by atoms with E-state index < -0.39 is 0 Å². The van der Waals surface area contributed by atoms with Gasteiger partial charge in [-0.25, -0.2) is 0 Å². The first-order valence-electron chi connectivity index (χ1n) is 10.4. The molecule has 30 heavy (non-hydrogen) atoms. The Morgan fingerprint density at radius 2 is 1.17 bits per heavy atom. The van der Waals surface area contributed by atoms with Gasteiger partial charge in [0, 0.05) is 19.8 Å². The van der Waals surface area contributed by atoms with Gasteiger partial charge in [-0.2, -0.15) is 0 Å². The van der Waals surface area contributed by atoms with Gasteiger partial charge in [0.25, 0.3) is 0 Å². The maximum Gasteiger partial charge on any atom is 0.0257 e. The van der Waals surface area contributed by atoms with Crippen LogP contribution in [-0.2, 0) is 10.8 Å². The van der Waals surface area contributed by atoms with Crippen molar-refractivity contribution in [1.82, 2.24) is 0 Å². The minimum atomic E-state index is -0.0366. The third-order valence-electron chi connectivity index (χ3n) is 7.39. The van der Waals surface area contributed by atoms with Crippen LogP contribution in [0.3, 0.4) is 0 Å². The van der Waals surface area contributed by atoms with E-state index in [4.69, 9.17) is 0 Å². The van der Waals surface area contributed by atoms with Crippen molar-refractivity contribution < 1.29 is 0 Å². The van der Waals surface area contributed by atoms with Gasteiger partial charge in [-0.3, -0.25) is 0 Å². The minimum absolute atomic E-state index is 0.00153. The van der Waals surface area contributed by atoms with Crippen LogP contribution >= 0.6 is 31.9 Å². The standard InChI is InChI=1S/C28H22Br2/c1-27(2)21-10-9-15(29)11-18(21)19-12-23-20(13-22(19)27)26-17-8-6-5-7-16(17)25(30)14-24(26)28(23,3)4/h5-14H,1-4H3. The highest BCUT2D eigenvalue weighted by molar-refractivity contribution is 9.11. The van der Waals surface area contributed by atoms with E-state index >= 15 is 0 Å². The molecule has 0 unspecified atom stereocenters. The second-order valence-corrected chi connectivity index (χ2v) is 11.5. The molecule has 0 heterocycles. The number of hydrogen-bond acceptors (Lipinski definition) is 0. The topological polar surface area (TPSA) is 0 Å². The van der Waals surface area contributed by atoms with E-state index in [0.717, 1.165) is 4.47 Å². The fourth-order valence-electron chi connectivity index (χ4n) is 5.75. The van der Waals surface area contributed by atoms with Gasteiger partial charge in [0.15, 0.2) is 0 Å². The van der Waals surface area contributed by atoms with Crippen molar-refractivity contribution in [2.24, 2.45) is 0 Å². The summed E-state index contributed by atoms with van der Waals surface area (Å²) in [6.45, 7) is 9.46. The third-order valence-corrected chi connectivity index (χ3v) is 8.54. The molecule has 2 aliphatic carbocycles. The highest BCUT2D eigenvalue weighted by atomic mass is 79.9. The molecular weight excluding hydrogens is 496 g/mol. The molecule has 0 bridgehead atoms. The molecule has 0 saturated heterocycles.